The molecule has 12 heteroatoms. The van der Waals surface area contributed by atoms with Crippen LogP contribution >= 0.6 is 0 Å². The molecule has 0 radical (unpaired) electrons. The van der Waals surface area contributed by atoms with Gasteiger partial charge in [-0.15, -0.1) is 0 Å². The highest BCUT2D eigenvalue weighted by Gasteiger charge is 2.50. The summed E-state index contributed by atoms with van der Waals surface area (Å²) in [5.74, 6) is -0.905. The normalized spacial score (nSPS) is 34.9. The highest BCUT2D eigenvalue weighted by Crippen LogP contribution is 2.35. The van der Waals surface area contributed by atoms with E-state index in [2.05, 4.69) is 5.32 Å². The van der Waals surface area contributed by atoms with E-state index in [1.165, 1.54) is 0 Å². The van der Waals surface area contributed by atoms with Crippen molar-refractivity contribution in [3.05, 3.63) is 54.1 Å². The Bertz CT molecular complexity index is 1100. The lowest BCUT2D eigenvalue weighted by Gasteiger charge is -2.46. The number of aliphatic hydroxyl groups is 7. The molecule has 0 saturated carbocycles. The second-order valence-corrected chi connectivity index (χ2v) is 9.78. The summed E-state index contributed by atoms with van der Waals surface area (Å²) in [4.78, 5) is 11.9. The molecule has 2 aromatic carbocycles. The number of rotatable bonds is 8. The minimum atomic E-state index is -1.61. The fourth-order valence-electron chi connectivity index (χ4n) is 5.03. The predicted molar refractivity (Wildman–Crippen MR) is 136 cm³/mol. The van der Waals surface area contributed by atoms with Crippen molar-refractivity contribution in [3.63, 3.8) is 0 Å². The van der Waals surface area contributed by atoms with E-state index in [1.54, 1.807) is 49.5 Å². The Morgan fingerprint density at radius 2 is 1.44 bits per heavy atom. The second kappa shape index (κ2) is 12.7. The molecular weight excluding hydrogens is 514 g/mol. The number of nitrogens with one attached hydrogen (secondary N) is 1. The number of benzene rings is 2. The average Bonchev–Trinajstić information content (AvgIpc) is 2.96. The molecular formula is C27H35NO11. The van der Waals surface area contributed by atoms with E-state index in [9.17, 15) is 40.5 Å². The van der Waals surface area contributed by atoms with Crippen molar-refractivity contribution in [2.45, 2.75) is 61.5 Å². The summed E-state index contributed by atoms with van der Waals surface area (Å²) in [6.45, 7) is -1.20. The molecule has 2 fully saturated rings. The number of hydrogen-bond donors (Lipinski definition) is 8. The monoisotopic (exact) mass is 549 g/mol. The van der Waals surface area contributed by atoms with Gasteiger partial charge in [-0.3, -0.25) is 4.79 Å². The quantitative estimate of drug-likeness (QED) is 0.188. The summed E-state index contributed by atoms with van der Waals surface area (Å²) in [6, 6.07) is 13.9. The predicted octanol–water partition coefficient (Wildman–Crippen LogP) is -1.62. The van der Waals surface area contributed by atoms with Crippen molar-refractivity contribution in [2.24, 2.45) is 5.92 Å². The highest BCUT2D eigenvalue weighted by molar-refractivity contribution is 5.95. The third kappa shape index (κ3) is 6.24. The maximum absolute atomic E-state index is 11.9. The SMILES string of the molecule is CNC(=O)c1cccc(-c2ccc(O[C@H]3O[C@H](CO)[C@@H](O)[C@@H](C[C@H]4O[C@H](CO)[C@@H](O)[C@H](O)[C@H]4O)[C@@H]3O)cc2)c1. The Hall–Kier alpha value is -2.65. The summed E-state index contributed by atoms with van der Waals surface area (Å²) < 4.78 is 17.0. The fourth-order valence-corrected chi connectivity index (χ4v) is 5.03. The molecule has 0 unspecified atom stereocenters. The molecule has 1 amide bonds. The van der Waals surface area contributed by atoms with Crippen LogP contribution in [0, 0.1) is 5.92 Å². The minimum absolute atomic E-state index is 0.190. The number of carbonyl (C=O) groups excluding carboxylic acids is 1. The molecule has 0 aromatic heterocycles. The van der Waals surface area contributed by atoms with E-state index in [0.29, 0.717) is 11.3 Å². The lowest BCUT2D eigenvalue weighted by Crippen LogP contribution is -2.62. The highest BCUT2D eigenvalue weighted by atomic mass is 16.7. The van der Waals surface area contributed by atoms with Gasteiger partial charge in [0.05, 0.1) is 25.4 Å². The standard InChI is InChI=1S/C27H35NO11/c1-28-26(36)15-4-2-3-14(9-15)13-5-7-16(8-6-13)37-27-22(32)17(21(31)19(11-29)39-27)10-18-23(33)25(35)24(34)20(12-30)38-18/h2-9,17-25,27,29-35H,10-12H2,1H3,(H,28,36)/t17-,18-,19-,20-,21+,22+,23+,24-,25-,27+/m1/s1. The van der Waals surface area contributed by atoms with Gasteiger partial charge in [0, 0.05) is 18.5 Å². The van der Waals surface area contributed by atoms with Gasteiger partial charge in [-0.2, -0.15) is 0 Å². The lowest BCUT2D eigenvalue weighted by atomic mass is 9.81. The molecule has 12 nitrogen and oxygen atoms in total. The van der Waals surface area contributed by atoms with Crippen LogP contribution in [0.5, 0.6) is 5.75 Å². The first-order chi connectivity index (χ1) is 18.7. The lowest BCUT2D eigenvalue weighted by molar-refractivity contribution is -0.278. The van der Waals surface area contributed by atoms with Crippen LogP contribution in [-0.2, 0) is 9.47 Å². The second-order valence-electron chi connectivity index (χ2n) is 9.78. The molecule has 0 bridgehead atoms. The van der Waals surface area contributed by atoms with E-state index in [-0.39, 0.29) is 12.3 Å². The van der Waals surface area contributed by atoms with Gasteiger partial charge in [-0.1, -0.05) is 24.3 Å². The summed E-state index contributed by atoms with van der Waals surface area (Å²) >= 11 is 0. The topological polar surface area (TPSA) is 198 Å². The van der Waals surface area contributed by atoms with Crippen LogP contribution in [0.15, 0.2) is 48.5 Å². The molecule has 2 aliphatic rings. The van der Waals surface area contributed by atoms with Crippen molar-refractivity contribution >= 4 is 5.91 Å². The first-order valence-corrected chi connectivity index (χ1v) is 12.7. The van der Waals surface area contributed by atoms with Crippen molar-refractivity contribution in [2.75, 3.05) is 20.3 Å². The molecule has 39 heavy (non-hydrogen) atoms. The van der Waals surface area contributed by atoms with Crippen LogP contribution in [0.25, 0.3) is 11.1 Å². The van der Waals surface area contributed by atoms with E-state index < -0.39 is 74.3 Å². The van der Waals surface area contributed by atoms with Crippen molar-refractivity contribution < 1.29 is 54.8 Å². The van der Waals surface area contributed by atoms with Gasteiger partial charge in [0.15, 0.2) is 0 Å². The molecule has 2 saturated heterocycles. The van der Waals surface area contributed by atoms with Crippen LogP contribution < -0.4 is 10.1 Å². The number of amides is 1. The Balaban J connectivity index is 1.48. The van der Waals surface area contributed by atoms with Gasteiger partial charge in [-0.05, 0) is 41.8 Å². The van der Waals surface area contributed by atoms with Gasteiger partial charge in [0.25, 0.3) is 5.91 Å². The van der Waals surface area contributed by atoms with Crippen LogP contribution in [-0.4, -0.2) is 117 Å². The van der Waals surface area contributed by atoms with Crippen LogP contribution in [0.2, 0.25) is 0 Å². The van der Waals surface area contributed by atoms with Gasteiger partial charge in [-0.25, -0.2) is 0 Å². The summed E-state index contributed by atoms with van der Waals surface area (Å²) in [7, 11) is 1.55. The van der Waals surface area contributed by atoms with E-state index >= 15 is 0 Å². The van der Waals surface area contributed by atoms with Crippen molar-refractivity contribution in [1.29, 1.82) is 0 Å². The van der Waals surface area contributed by atoms with E-state index in [0.717, 1.165) is 11.1 Å². The zero-order chi connectivity index (χ0) is 28.3. The molecule has 214 valence electrons. The van der Waals surface area contributed by atoms with Gasteiger partial charge in [0.2, 0.25) is 6.29 Å². The number of ether oxygens (including phenoxy) is 3. The largest absolute Gasteiger partial charge is 0.462 e. The summed E-state index contributed by atoms with van der Waals surface area (Å²) in [5.41, 5.74) is 2.12. The Morgan fingerprint density at radius 1 is 0.795 bits per heavy atom. The fraction of sp³-hybridized carbons (Fsp3) is 0.519. The zero-order valence-electron chi connectivity index (χ0n) is 21.3. The zero-order valence-corrected chi connectivity index (χ0v) is 21.3. The maximum atomic E-state index is 11.9. The maximum Gasteiger partial charge on any atom is 0.251 e. The number of carbonyl (C=O) groups is 1. The van der Waals surface area contributed by atoms with Crippen LogP contribution in [0.1, 0.15) is 16.8 Å². The Kier molecular flexibility index (Phi) is 9.54. The van der Waals surface area contributed by atoms with Crippen molar-refractivity contribution in [1.82, 2.24) is 5.32 Å². The summed E-state index contributed by atoms with van der Waals surface area (Å²) in [6.07, 6.45) is -12.4. The van der Waals surface area contributed by atoms with Crippen LogP contribution in [0.3, 0.4) is 0 Å². The van der Waals surface area contributed by atoms with Gasteiger partial charge >= 0.3 is 0 Å². The molecule has 0 aliphatic carbocycles. The molecule has 2 heterocycles. The average molecular weight is 550 g/mol. The smallest absolute Gasteiger partial charge is 0.251 e. The van der Waals surface area contributed by atoms with Gasteiger partial charge in [0.1, 0.15) is 42.4 Å². The summed E-state index contributed by atoms with van der Waals surface area (Å²) in [5, 5.41) is 74.2. The van der Waals surface area contributed by atoms with E-state index in [1.807, 2.05) is 6.07 Å². The number of aliphatic hydroxyl groups excluding tert-OH is 7. The van der Waals surface area contributed by atoms with Crippen molar-refractivity contribution in [3.8, 4) is 16.9 Å². The third-order valence-corrected chi connectivity index (χ3v) is 7.31. The van der Waals surface area contributed by atoms with Gasteiger partial charge < -0.3 is 55.3 Å². The Labute approximate surface area is 225 Å². The Morgan fingerprint density at radius 3 is 2.08 bits per heavy atom. The molecule has 2 aromatic rings. The third-order valence-electron chi connectivity index (χ3n) is 7.31. The first-order valence-electron chi connectivity index (χ1n) is 12.7. The molecule has 2 aliphatic heterocycles. The molecule has 8 N–H and O–H groups in total. The molecule has 0 spiro atoms. The van der Waals surface area contributed by atoms with E-state index in [4.69, 9.17) is 14.2 Å². The minimum Gasteiger partial charge on any atom is -0.462 e. The molecule has 4 rings (SSSR count). The first kappa shape index (κ1) is 29.3. The number of hydrogen-bond acceptors (Lipinski definition) is 11. The van der Waals surface area contributed by atoms with Crippen LogP contribution in [0.4, 0.5) is 0 Å². The molecule has 10 atom stereocenters.